The number of carbonyl (C=O) groups is 2. The van der Waals surface area contributed by atoms with E-state index in [-0.39, 0.29) is 23.4 Å². The topological polar surface area (TPSA) is 71.1 Å². The van der Waals surface area contributed by atoms with Crippen molar-refractivity contribution in [3.63, 3.8) is 0 Å². The van der Waals surface area contributed by atoms with E-state index in [1.165, 1.54) is 28.0 Å². The van der Waals surface area contributed by atoms with Crippen LogP contribution in [-0.2, 0) is 16.0 Å². The molecule has 3 aromatic rings. The van der Waals surface area contributed by atoms with Crippen LogP contribution in [0.5, 0.6) is 0 Å². The van der Waals surface area contributed by atoms with Gasteiger partial charge in [-0.25, -0.2) is 4.98 Å². The molecule has 1 fully saturated rings. The quantitative estimate of drug-likeness (QED) is 0.543. The molecule has 0 bridgehead atoms. The third-order valence-electron chi connectivity index (χ3n) is 5.87. The third-order valence-corrected chi connectivity index (χ3v) is 6.83. The van der Waals surface area contributed by atoms with Gasteiger partial charge in [-0.05, 0) is 42.9 Å². The Bertz CT molecular complexity index is 1020. The third kappa shape index (κ3) is 5.39. The number of amides is 2. The first-order valence-electron chi connectivity index (χ1n) is 10.7. The summed E-state index contributed by atoms with van der Waals surface area (Å²) in [5.41, 5.74) is 3.15. The summed E-state index contributed by atoms with van der Waals surface area (Å²) in [6.07, 6.45) is 4.73. The van der Waals surface area contributed by atoms with Crippen LogP contribution in [0.15, 0.2) is 66.2 Å². The van der Waals surface area contributed by atoms with Crippen molar-refractivity contribution in [3.05, 3.63) is 76.7 Å². The Hall–Kier alpha value is -2.99. The van der Waals surface area contributed by atoms with Crippen LogP contribution >= 0.6 is 11.3 Å². The molecular formula is C25H27N3O2S. The summed E-state index contributed by atoms with van der Waals surface area (Å²) < 4.78 is 0. The summed E-state index contributed by atoms with van der Waals surface area (Å²) in [6.45, 7) is 1.94. The molecule has 0 spiro atoms. The standard InChI is InChI=1S/C25H27N3O2S/c1-18(24-26-15-16-31-24)27-22(29)11-13-25(14-12-23(30)28-25)17-19-7-9-21(10-8-19)20-5-3-2-4-6-20/h2-10,15-16,18H,11-14,17H2,1H3,(H,27,29)(H,28,30)/t18-,25-/m1/s1. The maximum absolute atomic E-state index is 12.5. The second kappa shape index (κ2) is 9.43. The lowest BCUT2D eigenvalue weighted by atomic mass is 9.84. The van der Waals surface area contributed by atoms with Crippen molar-refractivity contribution < 1.29 is 9.59 Å². The van der Waals surface area contributed by atoms with Gasteiger partial charge in [0.15, 0.2) is 0 Å². The van der Waals surface area contributed by atoms with E-state index in [0.29, 0.717) is 19.3 Å². The van der Waals surface area contributed by atoms with Crippen molar-refractivity contribution in [2.75, 3.05) is 0 Å². The number of hydrogen-bond acceptors (Lipinski definition) is 4. The van der Waals surface area contributed by atoms with Crippen molar-refractivity contribution in [1.29, 1.82) is 0 Å². The predicted molar refractivity (Wildman–Crippen MR) is 124 cm³/mol. The Balaban J connectivity index is 1.39. The van der Waals surface area contributed by atoms with Crippen molar-refractivity contribution in [2.24, 2.45) is 0 Å². The molecule has 160 valence electrons. The predicted octanol–water partition coefficient (Wildman–Crippen LogP) is 4.66. The fourth-order valence-electron chi connectivity index (χ4n) is 4.19. The maximum Gasteiger partial charge on any atom is 0.220 e. The summed E-state index contributed by atoms with van der Waals surface area (Å²) >= 11 is 1.53. The molecule has 6 heteroatoms. The smallest absolute Gasteiger partial charge is 0.220 e. The summed E-state index contributed by atoms with van der Waals surface area (Å²) in [7, 11) is 0. The maximum atomic E-state index is 12.5. The van der Waals surface area contributed by atoms with Gasteiger partial charge in [0.2, 0.25) is 11.8 Å². The number of nitrogens with zero attached hydrogens (tertiary/aromatic N) is 1. The summed E-state index contributed by atoms with van der Waals surface area (Å²) in [4.78, 5) is 28.8. The fraction of sp³-hybridized carbons (Fsp3) is 0.320. The van der Waals surface area contributed by atoms with Crippen molar-refractivity contribution in [3.8, 4) is 11.1 Å². The van der Waals surface area contributed by atoms with Crippen LogP contribution < -0.4 is 10.6 Å². The van der Waals surface area contributed by atoms with Gasteiger partial charge in [-0.15, -0.1) is 11.3 Å². The zero-order chi connectivity index (χ0) is 21.7. The Kier molecular flexibility index (Phi) is 6.47. The number of carbonyl (C=O) groups excluding carboxylic acids is 2. The summed E-state index contributed by atoms with van der Waals surface area (Å²) in [5, 5.41) is 9.00. The average molecular weight is 434 g/mol. The first kappa shape index (κ1) is 21.2. The summed E-state index contributed by atoms with van der Waals surface area (Å²) in [6, 6.07) is 18.7. The molecule has 2 aromatic carbocycles. The van der Waals surface area contributed by atoms with Gasteiger partial charge >= 0.3 is 0 Å². The highest BCUT2D eigenvalue weighted by molar-refractivity contribution is 7.09. The zero-order valence-corrected chi connectivity index (χ0v) is 18.5. The van der Waals surface area contributed by atoms with Gasteiger partial charge in [-0.2, -0.15) is 0 Å². The van der Waals surface area contributed by atoms with Crippen LogP contribution in [-0.4, -0.2) is 22.3 Å². The van der Waals surface area contributed by atoms with Crippen LogP contribution in [0, 0.1) is 0 Å². The normalized spacial score (nSPS) is 19.1. The Morgan fingerprint density at radius 2 is 1.90 bits per heavy atom. The Labute approximate surface area is 186 Å². The molecule has 5 nitrogen and oxygen atoms in total. The van der Waals surface area contributed by atoms with E-state index < -0.39 is 0 Å². The van der Waals surface area contributed by atoms with Gasteiger partial charge in [0.25, 0.3) is 0 Å². The number of benzene rings is 2. The molecule has 2 amide bonds. The van der Waals surface area contributed by atoms with E-state index in [0.717, 1.165) is 17.8 Å². The second-order valence-electron chi connectivity index (χ2n) is 8.23. The number of thiazole rings is 1. The van der Waals surface area contributed by atoms with Gasteiger partial charge in [0.1, 0.15) is 5.01 Å². The molecule has 0 radical (unpaired) electrons. The number of nitrogens with one attached hydrogen (secondary N) is 2. The number of hydrogen-bond donors (Lipinski definition) is 2. The van der Waals surface area contributed by atoms with Crippen LogP contribution in [0.4, 0.5) is 0 Å². The van der Waals surface area contributed by atoms with Crippen LogP contribution in [0.1, 0.15) is 49.2 Å². The van der Waals surface area contributed by atoms with E-state index in [1.54, 1.807) is 6.20 Å². The van der Waals surface area contributed by atoms with E-state index in [4.69, 9.17) is 0 Å². The van der Waals surface area contributed by atoms with Crippen molar-refractivity contribution in [1.82, 2.24) is 15.6 Å². The molecule has 0 saturated carbocycles. The molecule has 2 atom stereocenters. The largest absolute Gasteiger partial charge is 0.350 e. The van der Waals surface area contributed by atoms with Crippen LogP contribution in [0.25, 0.3) is 11.1 Å². The highest BCUT2D eigenvalue weighted by atomic mass is 32.1. The molecule has 1 aliphatic heterocycles. The number of aromatic nitrogens is 1. The molecule has 2 N–H and O–H groups in total. The minimum absolute atomic E-state index is 0.0114. The SMILES string of the molecule is C[C@@H](NC(=O)CC[C@]1(Cc2ccc(-c3ccccc3)cc2)CCC(=O)N1)c1nccs1. The van der Waals surface area contributed by atoms with E-state index in [1.807, 2.05) is 30.5 Å². The van der Waals surface area contributed by atoms with Crippen molar-refractivity contribution >= 4 is 23.2 Å². The average Bonchev–Trinajstić information content (AvgIpc) is 3.44. The van der Waals surface area contributed by atoms with E-state index in [9.17, 15) is 9.59 Å². The van der Waals surface area contributed by atoms with Gasteiger partial charge in [0, 0.05) is 30.0 Å². The van der Waals surface area contributed by atoms with Gasteiger partial charge < -0.3 is 10.6 Å². The molecule has 1 aliphatic rings. The highest BCUT2D eigenvalue weighted by Crippen LogP contribution is 2.30. The van der Waals surface area contributed by atoms with Gasteiger partial charge in [-0.3, -0.25) is 9.59 Å². The fourth-order valence-corrected chi connectivity index (χ4v) is 4.84. The molecule has 1 saturated heterocycles. The molecule has 1 aromatic heterocycles. The monoisotopic (exact) mass is 433 g/mol. The first-order chi connectivity index (χ1) is 15.0. The Morgan fingerprint density at radius 1 is 1.16 bits per heavy atom. The molecule has 4 rings (SSSR count). The minimum Gasteiger partial charge on any atom is -0.350 e. The van der Waals surface area contributed by atoms with E-state index >= 15 is 0 Å². The Morgan fingerprint density at radius 3 is 2.55 bits per heavy atom. The lowest BCUT2D eigenvalue weighted by Crippen LogP contribution is -2.44. The molecule has 2 heterocycles. The molecule has 0 unspecified atom stereocenters. The summed E-state index contributed by atoms with van der Waals surface area (Å²) in [5.74, 6) is 0.0557. The minimum atomic E-state index is -0.368. The van der Waals surface area contributed by atoms with Gasteiger partial charge in [-0.1, -0.05) is 54.6 Å². The van der Waals surface area contributed by atoms with E-state index in [2.05, 4.69) is 52.0 Å². The lowest BCUT2D eigenvalue weighted by molar-refractivity contribution is -0.123. The van der Waals surface area contributed by atoms with Gasteiger partial charge in [0.05, 0.1) is 6.04 Å². The molecular weight excluding hydrogens is 406 g/mol. The lowest BCUT2D eigenvalue weighted by Gasteiger charge is -2.29. The number of rotatable bonds is 8. The van der Waals surface area contributed by atoms with Crippen LogP contribution in [0.3, 0.4) is 0 Å². The molecule has 0 aliphatic carbocycles. The highest BCUT2D eigenvalue weighted by Gasteiger charge is 2.37. The second-order valence-corrected chi connectivity index (χ2v) is 9.15. The molecule has 31 heavy (non-hydrogen) atoms. The van der Waals surface area contributed by atoms with Crippen molar-refractivity contribution in [2.45, 2.75) is 50.6 Å². The van der Waals surface area contributed by atoms with Crippen LogP contribution in [0.2, 0.25) is 0 Å². The zero-order valence-electron chi connectivity index (χ0n) is 17.6. The first-order valence-corrected chi connectivity index (χ1v) is 11.6.